The van der Waals surface area contributed by atoms with Crippen LogP contribution in [0.2, 0.25) is 0 Å². The smallest absolute Gasteiger partial charge is 0.123 e. The summed E-state index contributed by atoms with van der Waals surface area (Å²) in [7, 11) is 0. The summed E-state index contributed by atoms with van der Waals surface area (Å²) >= 11 is 0. The maximum atomic E-state index is 10.8. The zero-order valence-electron chi connectivity index (χ0n) is 7.34. The Balaban J connectivity index is 2.27. The molecule has 0 aromatic carbocycles. The molecular formula is C10H16O. The van der Waals surface area contributed by atoms with Crippen LogP contribution < -0.4 is 0 Å². The third-order valence-corrected chi connectivity index (χ3v) is 4.04. The third-order valence-electron chi connectivity index (χ3n) is 4.04. The lowest BCUT2D eigenvalue weighted by Gasteiger charge is -2.34. The third kappa shape index (κ3) is 0.800. The van der Waals surface area contributed by atoms with E-state index < -0.39 is 0 Å². The van der Waals surface area contributed by atoms with Gasteiger partial charge < -0.3 is 4.79 Å². The van der Waals surface area contributed by atoms with E-state index in [4.69, 9.17) is 0 Å². The Kier molecular flexibility index (Phi) is 1.39. The van der Waals surface area contributed by atoms with Crippen LogP contribution >= 0.6 is 0 Å². The minimum atomic E-state index is 0.310. The summed E-state index contributed by atoms with van der Waals surface area (Å²) in [6.07, 6.45) is 5.18. The molecule has 0 spiro atoms. The molecule has 11 heavy (non-hydrogen) atoms. The number of rotatable bonds is 1. The summed E-state index contributed by atoms with van der Waals surface area (Å²) in [6, 6.07) is 0. The van der Waals surface area contributed by atoms with E-state index in [1.165, 1.54) is 25.5 Å². The van der Waals surface area contributed by atoms with Crippen molar-refractivity contribution in [2.24, 2.45) is 23.2 Å². The molecule has 2 rings (SSSR count). The number of hydrogen-bond acceptors (Lipinski definition) is 1. The van der Waals surface area contributed by atoms with E-state index in [9.17, 15) is 4.79 Å². The van der Waals surface area contributed by atoms with E-state index in [2.05, 4.69) is 13.8 Å². The molecule has 0 N–H and O–H groups in total. The van der Waals surface area contributed by atoms with Crippen LogP contribution in [-0.4, -0.2) is 6.29 Å². The molecule has 2 fully saturated rings. The fourth-order valence-electron chi connectivity index (χ4n) is 3.18. The maximum absolute atomic E-state index is 10.8. The van der Waals surface area contributed by atoms with E-state index in [0.717, 1.165) is 11.8 Å². The first-order chi connectivity index (χ1) is 5.16. The Morgan fingerprint density at radius 3 is 2.45 bits per heavy atom. The van der Waals surface area contributed by atoms with Gasteiger partial charge in [-0.1, -0.05) is 13.8 Å². The van der Waals surface area contributed by atoms with E-state index in [-0.39, 0.29) is 0 Å². The van der Waals surface area contributed by atoms with Gasteiger partial charge in [0.1, 0.15) is 6.29 Å². The Hall–Kier alpha value is -0.330. The van der Waals surface area contributed by atoms with Gasteiger partial charge in [0.15, 0.2) is 0 Å². The molecule has 1 nitrogen and oxygen atoms in total. The van der Waals surface area contributed by atoms with Crippen molar-refractivity contribution < 1.29 is 4.79 Å². The van der Waals surface area contributed by atoms with Gasteiger partial charge in [0.05, 0.1) is 0 Å². The molecule has 3 atom stereocenters. The van der Waals surface area contributed by atoms with E-state index >= 15 is 0 Å². The van der Waals surface area contributed by atoms with E-state index in [0.29, 0.717) is 11.3 Å². The molecule has 1 heteroatoms. The van der Waals surface area contributed by atoms with Crippen molar-refractivity contribution in [1.82, 2.24) is 0 Å². The predicted molar refractivity (Wildman–Crippen MR) is 44.2 cm³/mol. The highest BCUT2D eigenvalue weighted by atomic mass is 16.1. The molecule has 0 amide bonds. The first-order valence-electron chi connectivity index (χ1n) is 4.61. The Bertz CT molecular complexity index is 183. The molecule has 2 saturated carbocycles. The highest BCUT2D eigenvalue weighted by Gasteiger charge is 2.52. The van der Waals surface area contributed by atoms with Gasteiger partial charge in [-0.2, -0.15) is 0 Å². The van der Waals surface area contributed by atoms with Crippen LogP contribution in [0.1, 0.15) is 33.1 Å². The van der Waals surface area contributed by atoms with Crippen molar-refractivity contribution in [3.63, 3.8) is 0 Å². The van der Waals surface area contributed by atoms with E-state index in [1.807, 2.05) is 0 Å². The molecule has 2 aliphatic carbocycles. The highest BCUT2D eigenvalue weighted by molar-refractivity contribution is 5.57. The van der Waals surface area contributed by atoms with Crippen molar-refractivity contribution in [2.75, 3.05) is 0 Å². The Morgan fingerprint density at radius 2 is 2.09 bits per heavy atom. The first kappa shape index (κ1) is 7.33. The minimum Gasteiger partial charge on any atom is -0.303 e. The van der Waals surface area contributed by atoms with E-state index in [1.54, 1.807) is 0 Å². The van der Waals surface area contributed by atoms with Gasteiger partial charge >= 0.3 is 0 Å². The lowest BCUT2D eigenvalue weighted by Crippen LogP contribution is -2.31. The Morgan fingerprint density at radius 1 is 1.36 bits per heavy atom. The number of carbonyl (C=O) groups excluding carboxylic acids is 1. The van der Waals surface area contributed by atoms with Gasteiger partial charge in [-0.15, -0.1) is 0 Å². The largest absolute Gasteiger partial charge is 0.303 e. The molecular weight excluding hydrogens is 136 g/mol. The molecule has 0 radical (unpaired) electrons. The van der Waals surface area contributed by atoms with Gasteiger partial charge in [-0.3, -0.25) is 0 Å². The SMILES string of the molecule is CC1(C)[C@H]2CC[C@H](C2)[C@H]1C=O. The number of hydrogen-bond donors (Lipinski definition) is 0. The summed E-state index contributed by atoms with van der Waals surface area (Å²) in [5.41, 5.74) is 0.310. The average molecular weight is 152 g/mol. The molecule has 2 bridgehead atoms. The van der Waals surface area contributed by atoms with Gasteiger partial charge in [0.2, 0.25) is 0 Å². The number of fused-ring (bicyclic) bond motifs is 2. The monoisotopic (exact) mass is 152 g/mol. The van der Waals surface area contributed by atoms with Crippen LogP contribution in [-0.2, 0) is 4.79 Å². The van der Waals surface area contributed by atoms with Gasteiger partial charge in [0, 0.05) is 5.92 Å². The summed E-state index contributed by atoms with van der Waals surface area (Å²) < 4.78 is 0. The molecule has 0 heterocycles. The fourth-order valence-corrected chi connectivity index (χ4v) is 3.18. The highest BCUT2D eigenvalue weighted by Crippen LogP contribution is 2.58. The zero-order valence-corrected chi connectivity index (χ0v) is 7.34. The molecule has 0 aliphatic heterocycles. The molecule has 0 saturated heterocycles. The normalized spacial score (nSPS) is 46.2. The first-order valence-corrected chi connectivity index (χ1v) is 4.61. The van der Waals surface area contributed by atoms with Crippen LogP contribution in [0, 0.1) is 23.2 Å². The lowest BCUT2D eigenvalue weighted by atomic mass is 9.69. The fraction of sp³-hybridized carbons (Fsp3) is 0.900. The zero-order chi connectivity index (χ0) is 8.06. The topological polar surface area (TPSA) is 17.1 Å². The van der Waals surface area contributed by atoms with Crippen molar-refractivity contribution >= 4 is 6.29 Å². The second-order valence-corrected chi connectivity index (χ2v) is 4.75. The second kappa shape index (κ2) is 2.09. The van der Waals surface area contributed by atoms with Gasteiger partial charge in [-0.05, 0) is 36.5 Å². The molecule has 0 unspecified atom stereocenters. The summed E-state index contributed by atoms with van der Waals surface area (Å²) in [4.78, 5) is 10.8. The summed E-state index contributed by atoms with van der Waals surface area (Å²) in [5.74, 6) is 1.93. The van der Waals surface area contributed by atoms with Crippen LogP contribution in [0.5, 0.6) is 0 Å². The number of carbonyl (C=O) groups is 1. The van der Waals surface area contributed by atoms with Crippen molar-refractivity contribution in [1.29, 1.82) is 0 Å². The van der Waals surface area contributed by atoms with Crippen LogP contribution in [0.15, 0.2) is 0 Å². The number of aldehydes is 1. The molecule has 0 aromatic rings. The maximum Gasteiger partial charge on any atom is 0.123 e. The Labute approximate surface area is 68.2 Å². The van der Waals surface area contributed by atoms with Crippen molar-refractivity contribution in [3.05, 3.63) is 0 Å². The quantitative estimate of drug-likeness (QED) is 0.527. The molecule has 0 aromatic heterocycles. The van der Waals surface area contributed by atoms with Crippen molar-refractivity contribution in [2.45, 2.75) is 33.1 Å². The van der Waals surface area contributed by atoms with Gasteiger partial charge in [0.25, 0.3) is 0 Å². The van der Waals surface area contributed by atoms with Crippen molar-refractivity contribution in [3.8, 4) is 0 Å². The van der Waals surface area contributed by atoms with Crippen LogP contribution in [0.4, 0.5) is 0 Å². The molecule has 2 aliphatic rings. The van der Waals surface area contributed by atoms with Crippen LogP contribution in [0.3, 0.4) is 0 Å². The lowest BCUT2D eigenvalue weighted by molar-refractivity contribution is -0.116. The summed E-state index contributed by atoms with van der Waals surface area (Å²) in [6.45, 7) is 4.52. The van der Waals surface area contributed by atoms with Crippen LogP contribution in [0.25, 0.3) is 0 Å². The van der Waals surface area contributed by atoms with Gasteiger partial charge in [-0.25, -0.2) is 0 Å². The second-order valence-electron chi connectivity index (χ2n) is 4.75. The molecule has 62 valence electrons. The predicted octanol–water partition coefficient (Wildman–Crippen LogP) is 2.26. The minimum absolute atomic E-state index is 0.310. The standard InChI is InChI=1S/C10H16O/c1-10(2)8-4-3-7(5-8)9(10)6-11/h6-9H,3-5H2,1-2H3/t7-,8+,9-/m1/s1. The average Bonchev–Trinajstić information content (AvgIpc) is 2.44. The summed E-state index contributed by atoms with van der Waals surface area (Å²) in [5, 5.41) is 0.